The van der Waals surface area contributed by atoms with Gasteiger partial charge in [0, 0.05) is 12.6 Å². The second-order valence-electron chi connectivity index (χ2n) is 3.91. The number of nitrogens with one attached hydrogen (secondary N) is 2. The molecule has 1 amide bonds. The van der Waals surface area contributed by atoms with Gasteiger partial charge >= 0.3 is 0 Å². The van der Waals surface area contributed by atoms with Crippen molar-refractivity contribution < 1.29 is 4.79 Å². The van der Waals surface area contributed by atoms with E-state index in [1.807, 2.05) is 6.92 Å². The number of hydrogen-bond acceptors (Lipinski definition) is 3. The molecule has 0 spiro atoms. The van der Waals surface area contributed by atoms with Crippen LogP contribution in [0.5, 0.6) is 0 Å². The first-order chi connectivity index (χ1) is 6.72. The van der Waals surface area contributed by atoms with E-state index in [9.17, 15) is 4.79 Å². The Balaban J connectivity index is 2.09. The molecule has 4 nitrogen and oxygen atoms in total. The van der Waals surface area contributed by atoms with E-state index >= 15 is 0 Å². The minimum atomic E-state index is 0.103. The Labute approximate surface area is 86.0 Å². The van der Waals surface area contributed by atoms with E-state index in [4.69, 9.17) is 0 Å². The van der Waals surface area contributed by atoms with Crippen molar-refractivity contribution in [1.82, 2.24) is 15.5 Å². The summed E-state index contributed by atoms with van der Waals surface area (Å²) in [6.07, 6.45) is 2.30. The number of carbonyl (C=O) groups excluding carboxylic acids is 1. The molecule has 0 aromatic heterocycles. The quantitative estimate of drug-likeness (QED) is 0.659. The van der Waals surface area contributed by atoms with Gasteiger partial charge in [-0.15, -0.1) is 0 Å². The highest BCUT2D eigenvalue weighted by Gasteiger charge is 2.16. The predicted molar refractivity (Wildman–Crippen MR) is 57.2 cm³/mol. The van der Waals surface area contributed by atoms with Gasteiger partial charge in [0.1, 0.15) is 0 Å². The van der Waals surface area contributed by atoms with Crippen molar-refractivity contribution in [2.75, 3.05) is 33.2 Å². The number of piperidine rings is 1. The molecule has 2 N–H and O–H groups in total. The van der Waals surface area contributed by atoms with Gasteiger partial charge in [0.05, 0.1) is 6.54 Å². The van der Waals surface area contributed by atoms with Gasteiger partial charge in [-0.05, 0) is 39.9 Å². The molecule has 4 heteroatoms. The summed E-state index contributed by atoms with van der Waals surface area (Å²) >= 11 is 0. The van der Waals surface area contributed by atoms with Crippen LogP contribution >= 0.6 is 0 Å². The highest BCUT2D eigenvalue weighted by atomic mass is 16.1. The lowest BCUT2D eigenvalue weighted by Crippen LogP contribution is -2.44. The Hall–Kier alpha value is -0.610. The molecule has 0 aromatic carbocycles. The van der Waals surface area contributed by atoms with E-state index in [0.29, 0.717) is 19.1 Å². The van der Waals surface area contributed by atoms with Crippen LogP contribution < -0.4 is 10.6 Å². The van der Waals surface area contributed by atoms with Gasteiger partial charge in [0.15, 0.2) is 0 Å². The first-order valence-corrected chi connectivity index (χ1v) is 5.41. The monoisotopic (exact) mass is 199 g/mol. The zero-order valence-electron chi connectivity index (χ0n) is 9.18. The third-order valence-electron chi connectivity index (χ3n) is 2.64. The van der Waals surface area contributed by atoms with Crippen LogP contribution in [0.1, 0.15) is 19.8 Å². The van der Waals surface area contributed by atoms with Crippen LogP contribution in [0.15, 0.2) is 0 Å². The molecule has 0 radical (unpaired) electrons. The number of rotatable bonds is 4. The fourth-order valence-corrected chi connectivity index (χ4v) is 1.71. The topological polar surface area (TPSA) is 44.4 Å². The zero-order chi connectivity index (χ0) is 10.4. The van der Waals surface area contributed by atoms with Gasteiger partial charge in [0.2, 0.25) is 5.91 Å². The zero-order valence-corrected chi connectivity index (χ0v) is 9.18. The normalized spacial score (nSPS) is 19.6. The summed E-state index contributed by atoms with van der Waals surface area (Å²) in [5.41, 5.74) is 0. The average molecular weight is 199 g/mol. The van der Waals surface area contributed by atoms with Gasteiger partial charge < -0.3 is 15.5 Å². The van der Waals surface area contributed by atoms with Crippen LogP contribution in [0.2, 0.25) is 0 Å². The van der Waals surface area contributed by atoms with Gasteiger partial charge in [-0.2, -0.15) is 0 Å². The van der Waals surface area contributed by atoms with Crippen molar-refractivity contribution in [2.24, 2.45) is 0 Å². The molecule has 0 atom stereocenters. The Morgan fingerprint density at radius 1 is 1.43 bits per heavy atom. The molecule has 0 bridgehead atoms. The number of carbonyl (C=O) groups is 1. The van der Waals surface area contributed by atoms with Crippen molar-refractivity contribution in [3.8, 4) is 0 Å². The highest BCUT2D eigenvalue weighted by molar-refractivity contribution is 5.77. The molecular weight excluding hydrogens is 178 g/mol. The first-order valence-electron chi connectivity index (χ1n) is 5.41. The number of likely N-dealkylation sites (tertiary alicyclic amines) is 1. The molecule has 1 saturated heterocycles. The van der Waals surface area contributed by atoms with Crippen molar-refractivity contribution >= 4 is 5.91 Å². The van der Waals surface area contributed by atoms with Gasteiger partial charge in [-0.3, -0.25) is 4.79 Å². The van der Waals surface area contributed by atoms with E-state index in [0.717, 1.165) is 25.9 Å². The molecule has 1 rings (SSSR count). The van der Waals surface area contributed by atoms with Crippen molar-refractivity contribution in [2.45, 2.75) is 25.8 Å². The third kappa shape index (κ3) is 4.07. The minimum absolute atomic E-state index is 0.103. The number of hydrogen-bond donors (Lipinski definition) is 2. The van der Waals surface area contributed by atoms with Crippen LogP contribution in [0.3, 0.4) is 0 Å². The molecule has 1 heterocycles. The second kappa shape index (κ2) is 5.98. The molecule has 0 aliphatic carbocycles. The molecule has 1 fully saturated rings. The van der Waals surface area contributed by atoms with Crippen molar-refractivity contribution in [3.05, 3.63) is 0 Å². The fourth-order valence-electron chi connectivity index (χ4n) is 1.71. The lowest BCUT2D eigenvalue weighted by molar-refractivity contribution is -0.120. The Morgan fingerprint density at radius 3 is 2.64 bits per heavy atom. The number of nitrogens with zero attached hydrogens (tertiary/aromatic N) is 1. The SMILES string of the molecule is CCNC(=O)CNC1CCN(C)CC1. The van der Waals surface area contributed by atoms with E-state index in [1.165, 1.54) is 0 Å². The molecule has 82 valence electrons. The van der Waals surface area contributed by atoms with Crippen LogP contribution in [0.4, 0.5) is 0 Å². The van der Waals surface area contributed by atoms with Crippen molar-refractivity contribution in [3.63, 3.8) is 0 Å². The third-order valence-corrected chi connectivity index (χ3v) is 2.64. The largest absolute Gasteiger partial charge is 0.355 e. The summed E-state index contributed by atoms with van der Waals surface area (Å²) in [6, 6.07) is 0.522. The second-order valence-corrected chi connectivity index (χ2v) is 3.91. The molecule has 0 unspecified atom stereocenters. The summed E-state index contributed by atoms with van der Waals surface area (Å²) in [6.45, 7) is 5.38. The van der Waals surface area contributed by atoms with E-state index in [-0.39, 0.29) is 5.91 Å². The molecule has 1 aliphatic heterocycles. The van der Waals surface area contributed by atoms with E-state index in [1.54, 1.807) is 0 Å². The Morgan fingerprint density at radius 2 is 2.07 bits per heavy atom. The van der Waals surface area contributed by atoms with Crippen LogP contribution in [0, 0.1) is 0 Å². The fraction of sp³-hybridized carbons (Fsp3) is 0.900. The molecular formula is C10H21N3O. The van der Waals surface area contributed by atoms with Crippen molar-refractivity contribution in [1.29, 1.82) is 0 Å². The lowest BCUT2D eigenvalue weighted by Gasteiger charge is -2.29. The van der Waals surface area contributed by atoms with Gasteiger partial charge in [-0.25, -0.2) is 0 Å². The van der Waals surface area contributed by atoms with E-state index in [2.05, 4.69) is 22.6 Å². The summed E-state index contributed by atoms with van der Waals surface area (Å²) < 4.78 is 0. The molecule has 0 saturated carbocycles. The average Bonchev–Trinajstić information content (AvgIpc) is 2.17. The first kappa shape index (κ1) is 11.5. The summed E-state index contributed by atoms with van der Waals surface area (Å²) in [5.74, 6) is 0.103. The molecule has 0 aromatic rings. The Kier molecular flexibility index (Phi) is 4.90. The maximum Gasteiger partial charge on any atom is 0.233 e. The van der Waals surface area contributed by atoms with Crippen LogP contribution in [0.25, 0.3) is 0 Å². The van der Waals surface area contributed by atoms with Gasteiger partial charge in [-0.1, -0.05) is 0 Å². The highest BCUT2D eigenvalue weighted by Crippen LogP contribution is 2.07. The standard InChI is InChI=1S/C10H21N3O/c1-3-11-10(14)8-12-9-4-6-13(2)7-5-9/h9,12H,3-8H2,1-2H3,(H,11,14). The predicted octanol–water partition coefficient (Wildman–Crippen LogP) is -0.194. The minimum Gasteiger partial charge on any atom is -0.355 e. The maximum atomic E-state index is 11.2. The molecule has 1 aliphatic rings. The van der Waals surface area contributed by atoms with Gasteiger partial charge in [0.25, 0.3) is 0 Å². The molecule has 14 heavy (non-hydrogen) atoms. The van der Waals surface area contributed by atoms with Crippen LogP contribution in [-0.4, -0.2) is 50.1 Å². The van der Waals surface area contributed by atoms with E-state index < -0.39 is 0 Å². The summed E-state index contributed by atoms with van der Waals surface area (Å²) in [4.78, 5) is 13.5. The summed E-state index contributed by atoms with van der Waals surface area (Å²) in [7, 11) is 2.14. The number of amides is 1. The lowest BCUT2D eigenvalue weighted by atomic mass is 10.1. The maximum absolute atomic E-state index is 11.2. The smallest absolute Gasteiger partial charge is 0.233 e. The van der Waals surface area contributed by atoms with Crippen LogP contribution in [-0.2, 0) is 4.79 Å². The number of likely N-dealkylation sites (N-methyl/N-ethyl adjacent to an activating group) is 1. The Bertz CT molecular complexity index is 176. The summed E-state index contributed by atoms with van der Waals surface area (Å²) in [5, 5.41) is 6.07.